The Labute approximate surface area is 115 Å². The predicted octanol–water partition coefficient (Wildman–Crippen LogP) is 3.52. The fourth-order valence-corrected chi connectivity index (χ4v) is 3.62. The maximum Gasteiger partial charge on any atom is 0.0249 e. The molecule has 2 nitrogen and oxygen atoms in total. The van der Waals surface area contributed by atoms with Gasteiger partial charge in [0.15, 0.2) is 0 Å². The van der Waals surface area contributed by atoms with Crippen molar-refractivity contribution in [1.82, 2.24) is 10.2 Å². The van der Waals surface area contributed by atoms with Gasteiger partial charge in [-0.05, 0) is 38.5 Å². The standard InChI is InChI=1S/C16H34N2/c1-12(2)14-9-17-13(3)10-18(14)16(7,8)11-15(4,5)6/h12-14,17H,9-11H2,1-8H3. The molecule has 1 fully saturated rings. The molecule has 0 aromatic carbocycles. The van der Waals surface area contributed by atoms with Crippen molar-refractivity contribution in [2.45, 2.75) is 79.4 Å². The van der Waals surface area contributed by atoms with Crippen LogP contribution in [-0.2, 0) is 0 Å². The first-order valence-electron chi connectivity index (χ1n) is 7.53. The highest BCUT2D eigenvalue weighted by molar-refractivity contribution is 4.96. The first kappa shape index (κ1) is 16.0. The summed E-state index contributed by atoms with van der Waals surface area (Å²) < 4.78 is 0. The molecule has 0 spiro atoms. The van der Waals surface area contributed by atoms with Crippen LogP contribution in [0, 0.1) is 11.3 Å². The van der Waals surface area contributed by atoms with Crippen LogP contribution in [0.15, 0.2) is 0 Å². The Hall–Kier alpha value is -0.0800. The SMILES string of the molecule is CC1CN(C(C)(C)CC(C)(C)C)C(C(C)C)CN1. The fraction of sp³-hybridized carbons (Fsp3) is 1.00. The summed E-state index contributed by atoms with van der Waals surface area (Å²) in [7, 11) is 0. The summed E-state index contributed by atoms with van der Waals surface area (Å²) in [5, 5.41) is 3.64. The quantitative estimate of drug-likeness (QED) is 0.829. The summed E-state index contributed by atoms with van der Waals surface area (Å²) in [6.07, 6.45) is 1.25. The van der Waals surface area contributed by atoms with E-state index in [1.165, 1.54) is 13.0 Å². The summed E-state index contributed by atoms with van der Waals surface area (Å²) in [5.41, 5.74) is 0.669. The Morgan fingerprint density at radius 3 is 2.17 bits per heavy atom. The lowest BCUT2D eigenvalue weighted by Gasteiger charge is -2.51. The predicted molar refractivity (Wildman–Crippen MR) is 80.9 cm³/mol. The zero-order chi connectivity index (χ0) is 14.1. The van der Waals surface area contributed by atoms with Crippen LogP contribution in [0.25, 0.3) is 0 Å². The fourth-order valence-electron chi connectivity index (χ4n) is 3.62. The van der Waals surface area contributed by atoms with Gasteiger partial charge in [0.2, 0.25) is 0 Å². The summed E-state index contributed by atoms with van der Waals surface area (Å²) >= 11 is 0. The molecular formula is C16H34N2. The van der Waals surface area contributed by atoms with Crippen LogP contribution in [0.3, 0.4) is 0 Å². The highest BCUT2D eigenvalue weighted by Gasteiger charge is 2.39. The van der Waals surface area contributed by atoms with Gasteiger partial charge in [-0.3, -0.25) is 4.90 Å². The molecule has 2 unspecified atom stereocenters. The van der Waals surface area contributed by atoms with Crippen LogP contribution in [0.5, 0.6) is 0 Å². The second-order valence-corrected chi connectivity index (χ2v) is 8.32. The van der Waals surface area contributed by atoms with Gasteiger partial charge in [-0.25, -0.2) is 0 Å². The molecule has 0 aromatic heterocycles. The van der Waals surface area contributed by atoms with Crippen molar-refractivity contribution in [1.29, 1.82) is 0 Å². The Morgan fingerprint density at radius 1 is 1.17 bits per heavy atom. The van der Waals surface area contributed by atoms with Crippen molar-refractivity contribution in [3.05, 3.63) is 0 Å². The average Bonchev–Trinajstić information content (AvgIpc) is 2.13. The Kier molecular flexibility index (Phi) is 4.88. The number of rotatable bonds is 3. The Balaban J connectivity index is 2.86. The van der Waals surface area contributed by atoms with E-state index in [1.807, 2.05) is 0 Å². The van der Waals surface area contributed by atoms with Gasteiger partial charge in [-0.15, -0.1) is 0 Å². The smallest absolute Gasteiger partial charge is 0.0249 e. The lowest BCUT2D eigenvalue weighted by atomic mass is 9.79. The first-order chi connectivity index (χ1) is 8.03. The third kappa shape index (κ3) is 4.24. The number of piperazine rings is 1. The molecule has 1 heterocycles. The van der Waals surface area contributed by atoms with Crippen molar-refractivity contribution >= 4 is 0 Å². The van der Waals surface area contributed by atoms with Crippen LogP contribution in [0.2, 0.25) is 0 Å². The molecule has 2 heteroatoms. The Bertz CT molecular complexity index is 263. The maximum absolute atomic E-state index is 3.64. The summed E-state index contributed by atoms with van der Waals surface area (Å²) in [5.74, 6) is 0.712. The van der Waals surface area contributed by atoms with Gasteiger partial charge < -0.3 is 5.32 Å². The molecule has 1 aliphatic rings. The van der Waals surface area contributed by atoms with E-state index in [4.69, 9.17) is 0 Å². The molecule has 0 bridgehead atoms. The molecule has 0 aliphatic carbocycles. The van der Waals surface area contributed by atoms with Gasteiger partial charge in [0.05, 0.1) is 0 Å². The molecule has 2 atom stereocenters. The first-order valence-corrected chi connectivity index (χ1v) is 7.53. The molecular weight excluding hydrogens is 220 g/mol. The molecule has 0 saturated carbocycles. The molecule has 18 heavy (non-hydrogen) atoms. The lowest BCUT2D eigenvalue weighted by Crippen LogP contribution is -2.64. The highest BCUT2D eigenvalue weighted by Crippen LogP contribution is 2.34. The third-order valence-corrected chi connectivity index (χ3v) is 4.06. The van der Waals surface area contributed by atoms with Gasteiger partial charge in [0.25, 0.3) is 0 Å². The molecule has 0 aromatic rings. The van der Waals surface area contributed by atoms with Crippen molar-refractivity contribution in [3.8, 4) is 0 Å². The van der Waals surface area contributed by atoms with E-state index in [1.54, 1.807) is 0 Å². The van der Waals surface area contributed by atoms with Crippen molar-refractivity contribution < 1.29 is 0 Å². The van der Waals surface area contributed by atoms with Crippen molar-refractivity contribution in [3.63, 3.8) is 0 Å². The minimum absolute atomic E-state index is 0.281. The van der Waals surface area contributed by atoms with E-state index < -0.39 is 0 Å². The number of nitrogens with one attached hydrogen (secondary N) is 1. The van der Waals surface area contributed by atoms with Crippen LogP contribution in [-0.4, -0.2) is 35.6 Å². The van der Waals surface area contributed by atoms with E-state index in [0.29, 0.717) is 23.4 Å². The minimum atomic E-state index is 0.281. The van der Waals surface area contributed by atoms with Crippen LogP contribution >= 0.6 is 0 Å². The topological polar surface area (TPSA) is 15.3 Å². The van der Waals surface area contributed by atoms with Gasteiger partial charge in [0.1, 0.15) is 0 Å². The molecule has 1 saturated heterocycles. The average molecular weight is 254 g/mol. The second-order valence-electron chi connectivity index (χ2n) is 8.32. The van der Waals surface area contributed by atoms with Crippen molar-refractivity contribution in [2.24, 2.45) is 11.3 Å². The molecule has 1 aliphatic heterocycles. The molecule has 108 valence electrons. The van der Waals surface area contributed by atoms with Crippen LogP contribution in [0.1, 0.15) is 61.8 Å². The summed E-state index contributed by atoms with van der Waals surface area (Å²) in [6, 6.07) is 1.28. The second kappa shape index (κ2) is 5.50. The van der Waals surface area contributed by atoms with E-state index in [9.17, 15) is 0 Å². The van der Waals surface area contributed by atoms with Crippen LogP contribution in [0.4, 0.5) is 0 Å². The third-order valence-electron chi connectivity index (χ3n) is 4.06. The number of nitrogens with zero attached hydrogens (tertiary/aromatic N) is 1. The van der Waals surface area contributed by atoms with Crippen LogP contribution < -0.4 is 5.32 Å². The minimum Gasteiger partial charge on any atom is -0.311 e. The largest absolute Gasteiger partial charge is 0.311 e. The normalized spacial score (nSPS) is 27.8. The zero-order valence-corrected chi connectivity index (χ0v) is 13.8. The molecule has 0 radical (unpaired) electrons. The number of hydrogen-bond acceptors (Lipinski definition) is 2. The van der Waals surface area contributed by atoms with E-state index in [-0.39, 0.29) is 5.54 Å². The van der Waals surface area contributed by atoms with Crippen molar-refractivity contribution in [2.75, 3.05) is 13.1 Å². The molecule has 1 N–H and O–H groups in total. The van der Waals surface area contributed by atoms with E-state index in [0.717, 1.165) is 6.54 Å². The zero-order valence-electron chi connectivity index (χ0n) is 13.8. The Morgan fingerprint density at radius 2 is 1.72 bits per heavy atom. The molecule has 1 rings (SSSR count). The van der Waals surface area contributed by atoms with E-state index >= 15 is 0 Å². The van der Waals surface area contributed by atoms with Gasteiger partial charge in [-0.2, -0.15) is 0 Å². The monoisotopic (exact) mass is 254 g/mol. The number of hydrogen-bond donors (Lipinski definition) is 1. The highest BCUT2D eigenvalue weighted by atomic mass is 15.3. The van der Waals surface area contributed by atoms with Gasteiger partial charge in [0, 0.05) is 30.7 Å². The summed E-state index contributed by atoms with van der Waals surface area (Å²) in [6.45, 7) is 21.2. The van der Waals surface area contributed by atoms with E-state index in [2.05, 4.69) is 65.6 Å². The molecule has 0 amide bonds. The lowest BCUT2D eigenvalue weighted by molar-refractivity contribution is -0.00807. The van der Waals surface area contributed by atoms with Gasteiger partial charge in [-0.1, -0.05) is 34.6 Å². The summed E-state index contributed by atoms with van der Waals surface area (Å²) in [4.78, 5) is 2.75. The van der Waals surface area contributed by atoms with Gasteiger partial charge >= 0.3 is 0 Å². The maximum atomic E-state index is 3.64.